The average Bonchev–Trinajstić information content (AvgIpc) is 2.42. The quantitative estimate of drug-likeness (QED) is 0.883. The highest BCUT2D eigenvalue weighted by atomic mass is 16.1. The van der Waals surface area contributed by atoms with E-state index in [9.17, 15) is 4.79 Å². The number of benzene rings is 2. The molecule has 110 valence electrons. The SMILES string of the molecule is Cc1cccc(CNCC(=O)Nc2ccc(C)cc2C)c1. The van der Waals surface area contributed by atoms with Crippen LogP contribution >= 0.6 is 0 Å². The van der Waals surface area contributed by atoms with Gasteiger partial charge in [0.2, 0.25) is 5.91 Å². The maximum atomic E-state index is 11.9. The smallest absolute Gasteiger partial charge is 0.238 e. The number of carbonyl (C=O) groups excluding carboxylic acids is 1. The predicted octanol–water partition coefficient (Wildman–Crippen LogP) is 3.34. The third-order valence-corrected chi connectivity index (χ3v) is 3.35. The Morgan fingerprint density at radius 3 is 2.48 bits per heavy atom. The van der Waals surface area contributed by atoms with Crippen molar-refractivity contribution < 1.29 is 4.79 Å². The molecule has 0 aliphatic rings. The van der Waals surface area contributed by atoms with Crippen LogP contribution in [-0.2, 0) is 11.3 Å². The van der Waals surface area contributed by atoms with E-state index in [0.29, 0.717) is 13.1 Å². The Bertz CT molecular complexity index is 635. The summed E-state index contributed by atoms with van der Waals surface area (Å²) >= 11 is 0. The first-order valence-electron chi connectivity index (χ1n) is 7.18. The van der Waals surface area contributed by atoms with Crippen LogP contribution in [0.1, 0.15) is 22.3 Å². The van der Waals surface area contributed by atoms with Gasteiger partial charge in [0.1, 0.15) is 0 Å². The number of anilines is 1. The minimum atomic E-state index is -0.0189. The lowest BCUT2D eigenvalue weighted by Crippen LogP contribution is -2.28. The average molecular weight is 282 g/mol. The van der Waals surface area contributed by atoms with E-state index < -0.39 is 0 Å². The molecule has 0 saturated carbocycles. The van der Waals surface area contributed by atoms with Crippen LogP contribution in [0.3, 0.4) is 0 Å². The molecule has 0 radical (unpaired) electrons. The van der Waals surface area contributed by atoms with Gasteiger partial charge < -0.3 is 10.6 Å². The summed E-state index contributed by atoms with van der Waals surface area (Å²) in [7, 11) is 0. The summed E-state index contributed by atoms with van der Waals surface area (Å²) in [5, 5.41) is 6.10. The van der Waals surface area contributed by atoms with Gasteiger partial charge in [0.15, 0.2) is 0 Å². The summed E-state index contributed by atoms with van der Waals surface area (Å²) in [5.74, 6) is -0.0189. The van der Waals surface area contributed by atoms with Crippen LogP contribution in [0.25, 0.3) is 0 Å². The first kappa shape index (κ1) is 15.3. The molecular weight excluding hydrogens is 260 g/mol. The number of hydrogen-bond donors (Lipinski definition) is 2. The fraction of sp³-hybridized carbons (Fsp3) is 0.278. The highest BCUT2D eigenvalue weighted by Gasteiger charge is 2.04. The molecule has 0 unspecified atom stereocenters. The number of rotatable bonds is 5. The summed E-state index contributed by atoms with van der Waals surface area (Å²) in [5.41, 5.74) is 5.58. The Balaban J connectivity index is 1.82. The molecular formula is C18H22N2O. The first-order valence-corrected chi connectivity index (χ1v) is 7.18. The van der Waals surface area contributed by atoms with Crippen molar-refractivity contribution in [1.29, 1.82) is 0 Å². The van der Waals surface area contributed by atoms with E-state index in [2.05, 4.69) is 41.8 Å². The fourth-order valence-corrected chi connectivity index (χ4v) is 2.29. The molecule has 0 aromatic heterocycles. The van der Waals surface area contributed by atoms with Gasteiger partial charge in [-0.25, -0.2) is 0 Å². The summed E-state index contributed by atoms with van der Waals surface area (Å²) < 4.78 is 0. The number of amides is 1. The van der Waals surface area contributed by atoms with Gasteiger partial charge in [-0.1, -0.05) is 47.5 Å². The molecule has 0 aliphatic carbocycles. The summed E-state index contributed by atoms with van der Waals surface area (Å²) in [6, 6.07) is 14.3. The monoisotopic (exact) mass is 282 g/mol. The number of carbonyl (C=O) groups is 1. The van der Waals surface area contributed by atoms with Crippen LogP contribution < -0.4 is 10.6 Å². The van der Waals surface area contributed by atoms with Gasteiger partial charge in [-0.05, 0) is 38.0 Å². The van der Waals surface area contributed by atoms with E-state index >= 15 is 0 Å². The fourth-order valence-electron chi connectivity index (χ4n) is 2.29. The third kappa shape index (κ3) is 4.72. The molecule has 0 bridgehead atoms. The maximum absolute atomic E-state index is 11.9. The van der Waals surface area contributed by atoms with Gasteiger partial charge in [0.05, 0.1) is 6.54 Å². The molecule has 0 aliphatic heterocycles. The van der Waals surface area contributed by atoms with Crippen LogP contribution in [0.2, 0.25) is 0 Å². The Labute approximate surface area is 126 Å². The van der Waals surface area contributed by atoms with Crippen molar-refractivity contribution in [3.05, 3.63) is 64.7 Å². The minimum Gasteiger partial charge on any atom is -0.325 e. The van der Waals surface area contributed by atoms with Crippen molar-refractivity contribution >= 4 is 11.6 Å². The Hall–Kier alpha value is -2.13. The van der Waals surface area contributed by atoms with E-state index in [1.807, 2.05) is 32.0 Å². The number of nitrogens with one attached hydrogen (secondary N) is 2. The normalized spacial score (nSPS) is 10.4. The molecule has 3 heteroatoms. The van der Waals surface area contributed by atoms with Gasteiger partial charge >= 0.3 is 0 Å². The van der Waals surface area contributed by atoms with E-state index in [4.69, 9.17) is 0 Å². The van der Waals surface area contributed by atoms with Crippen LogP contribution in [-0.4, -0.2) is 12.5 Å². The molecule has 2 rings (SSSR count). The Morgan fingerprint density at radius 2 is 1.76 bits per heavy atom. The highest BCUT2D eigenvalue weighted by Crippen LogP contribution is 2.15. The number of aryl methyl sites for hydroxylation is 3. The molecule has 0 fully saturated rings. The second-order valence-electron chi connectivity index (χ2n) is 5.46. The Morgan fingerprint density at radius 1 is 1.00 bits per heavy atom. The molecule has 0 saturated heterocycles. The number of hydrogen-bond acceptors (Lipinski definition) is 2. The molecule has 0 atom stereocenters. The zero-order valence-electron chi connectivity index (χ0n) is 12.9. The van der Waals surface area contributed by atoms with Crippen molar-refractivity contribution in [3.63, 3.8) is 0 Å². The lowest BCUT2D eigenvalue weighted by molar-refractivity contribution is -0.115. The van der Waals surface area contributed by atoms with Gasteiger partial charge in [-0.2, -0.15) is 0 Å². The minimum absolute atomic E-state index is 0.0189. The molecule has 2 N–H and O–H groups in total. The maximum Gasteiger partial charge on any atom is 0.238 e. The second kappa shape index (κ2) is 7.04. The zero-order valence-corrected chi connectivity index (χ0v) is 12.9. The van der Waals surface area contributed by atoms with Crippen molar-refractivity contribution in [3.8, 4) is 0 Å². The molecule has 0 spiro atoms. The van der Waals surface area contributed by atoms with Crippen molar-refractivity contribution in [2.45, 2.75) is 27.3 Å². The Kier molecular flexibility index (Phi) is 5.12. The van der Waals surface area contributed by atoms with Crippen LogP contribution in [0.15, 0.2) is 42.5 Å². The van der Waals surface area contributed by atoms with E-state index in [1.165, 1.54) is 16.7 Å². The van der Waals surface area contributed by atoms with Crippen molar-refractivity contribution in [1.82, 2.24) is 5.32 Å². The van der Waals surface area contributed by atoms with Crippen molar-refractivity contribution in [2.24, 2.45) is 0 Å². The van der Waals surface area contributed by atoms with Gasteiger partial charge in [-0.15, -0.1) is 0 Å². The lowest BCUT2D eigenvalue weighted by Gasteiger charge is -2.10. The topological polar surface area (TPSA) is 41.1 Å². The zero-order chi connectivity index (χ0) is 15.2. The molecule has 3 nitrogen and oxygen atoms in total. The van der Waals surface area contributed by atoms with E-state index in [0.717, 1.165) is 11.3 Å². The van der Waals surface area contributed by atoms with Crippen LogP contribution in [0, 0.1) is 20.8 Å². The standard InChI is InChI=1S/C18H22N2O/c1-13-5-4-6-16(10-13)11-19-12-18(21)20-17-8-7-14(2)9-15(17)3/h4-10,19H,11-12H2,1-3H3,(H,20,21). The second-order valence-corrected chi connectivity index (χ2v) is 5.46. The molecule has 2 aromatic rings. The molecule has 0 heterocycles. The summed E-state index contributed by atoms with van der Waals surface area (Å²) in [6.07, 6.45) is 0. The largest absolute Gasteiger partial charge is 0.325 e. The van der Waals surface area contributed by atoms with Crippen LogP contribution in [0.5, 0.6) is 0 Å². The van der Waals surface area contributed by atoms with E-state index in [-0.39, 0.29) is 5.91 Å². The van der Waals surface area contributed by atoms with Gasteiger partial charge in [-0.3, -0.25) is 4.79 Å². The molecule has 1 amide bonds. The van der Waals surface area contributed by atoms with Gasteiger partial charge in [0, 0.05) is 12.2 Å². The van der Waals surface area contributed by atoms with E-state index in [1.54, 1.807) is 0 Å². The van der Waals surface area contributed by atoms with Gasteiger partial charge in [0.25, 0.3) is 0 Å². The van der Waals surface area contributed by atoms with Crippen LogP contribution in [0.4, 0.5) is 5.69 Å². The highest BCUT2D eigenvalue weighted by molar-refractivity contribution is 5.92. The molecule has 2 aromatic carbocycles. The predicted molar refractivity (Wildman–Crippen MR) is 87.4 cm³/mol. The first-order chi connectivity index (χ1) is 10.0. The van der Waals surface area contributed by atoms with Crippen molar-refractivity contribution in [2.75, 3.05) is 11.9 Å². The molecule has 21 heavy (non-hydrogen) atoms. The third-order valence-electron chi connectivity index (χ3n) is 3.35. The summed E-state index contributed by atoms with van der Waals surface area (Å²) in [4.78, 5) is 11.9. The lowest BCUT2D eigenvalue weighted by atomic mass is 10.1. The summed E-state index contributed by atoms with van der Waals surface area (Å²) in [6.45, 7) is 7.12.